The van der Waals surface area contributed by atoms with E-state index in [0.717, 1.165) is 22.2 Å². The summed E-state index contributed by atoms with van der Waals surface area (Å²) in [6.07, 6.45) is 2.60. The summed E-state index contributed by atoms with van der Waals surface area (Å²) in [5.41, 5.74) is 7.15. The largest absolute Gasteiger partial charge is 0.469 e. The molecule has 0 fully saturated rings. The lowest BCUT2D eigenvalue weighted by molar-refractivity contribution is 0.528. The highest BCUT2D eigenvalue weighted by Crippen LogP contribution is 2.25. The van der Waals surface area contributed by atoms with Gasteiger partial charge in [0, 0.05) is 32.8 Å². The average molecular weight is 286 g/mol. The Morgan fingerprint density at radius 3 is 2.87 bits per heavy atom. The molecule has 2 nitrogen and oxygen atoms in total. The van der Waals surface area contributed by atoms with E-state index < -0.39 is 0 Å². The third-order valence-corrected chi connectivity index (χ3v) is 3.94. The number of nitrogens with two attached hydrogens (primary N) is 1. The zero-order valence-corrected chi connectivity index (χ0v) is 10.8. The smallest absolute Gasteiger partial charge is 0.101 e. The molecule has 0 aliphatic rings. The van der Waals surface area contributed by atoms with Gasteiger partial charge in [0.1, 0.15) is 5.76 Å². The van der Waals surface area contributed by atoms with Crippen molar-refractivity contribution < 1.29 is 4.42 Å². The second-order valence-electron chi connectivity index (χ2n) is 3.53. The van der Waals surface area contributed by atoms with Crippen LogP contribution in [0.1, 0.15) is 22.2 Å². The monoisotopic (exact) mass is 285 g/mol. The zero-order chi connectivity index (χ0) is 10.8. The van der Waals surface area contributed by atoms with Crippen molar-refractivity contribution in [3.05, 3.63) is 44.4 Å². The van der Waals surface area contributed by atoms with Gasteiger partial charge in [-0.3, -0.25) is 0 Å². The third-order valence-electron chi connectivity index (χ3n) is 2.22. The Morgan fingerprint density at radius 1 is 1.53 bits per heavy atom. The van der Waals surface area contributed by atoms with Crippen LogP contribution in [0.3, 0.4) is 0 Å². The Hall–Kier alpha value is -0.580. The normalized spacial score (nSPS) is 13.0. The van der Waals surface area contributed by atoms with Gasteiger partial charge in [-0.2, -0.15) is 0 Å². The highest BCUT2D eigenvalue weighted by atomic mass is 79.9. The fourth-order valence-corrected chi connectivity index (χ4v) is 2.96. The molecule has 0 aliphatic carbocycles. The van der Waals surface area contributed by atoms with Crippen molar-refractivity contribution in [2.45, 2.75) is 19.4 Å². The molecule has 1 atom stereocenters. The summed E-state index contributed by atoms with van der Waals surface area (Å²) in [4.78, 5) is 1.29. The molecule has 2 rings (SSSR count). The van der Waals surface area contributed by atoms with Gasteiger partial charge in [-0.05, 0) is 35.0 Å². The van der Waals surface area contributed by atoms with Crippen molar-refractivity contribution in [3.8, 4) is 0 Å². The quantitative estimate of drug-likeness (QED) is 0.935. The predicted octanol–water partition coefficient (Wildman–Crippen LogP) is 3.65. The zero-order valence-electron chi connectivity index (χ0n) is 8.37. The molecule has 0 radical (unpaired) electrons. The minimum absolute atomic E-state index is 0.0213. The van der Waals surface area contributed by atoms with E-state index in [4.69, 9.17) is 10.2 Å². The van der Waals surface area contributed by atoms with Gasteiger partial charge in [-0.25, -0.2) is 0 Å². The van der Waals surface area contributed by atoms with Crippen molar-refractivity contribution in [2.24, 2.45) is 5.73 Å². The second kappa shape index (κ2) is 4.51. The maximum absolute atomic E-state index is 6.08. The Bertz CT molecular complexity index is 449. The molecule has 0 bridgehead atoms. The molecule has 2 N–H and O–H groups in total. The molecule has 2 aromatic heterocycles. The van der Waals surface area contributed by atoms with E-state index in [0.29, 0.717) is 0 Å². The van der Waals surface area contributed by atoms with E-state index >= 15 is 0 Å². The van der Waals surface area contributed by atoms with Gasteiger partial charge in [0.05, 0.1) is 6.26 Å². The number of halogens is 1. The first-order valence-electron chi connectivity index (χ1n) is 4.68. The molecule has 0 amide bonds. The van der Waals surface area contributed by atoms with Crippen LogP contribution in [0.25, 0.3) is 0 Å². The van der Waals surface area contributed by atoms with E-state index in [2.05, 4.69) is 27.4 Å². The van der Waals surface area contributed by atoms with Gasteiger partial charge in [-0.1, -0.05) is 0 Å². The molecule has 4 heteroatoms. The molecule has 15 heavy (non-hydrogen) atoms. The van der Waals surface area contributed by atoms with Gasteiger partial charge in [0.2, 0.25) is 0 Å². The predicted molar refractivity (Wildman–Crippen MR) is 66.1 cm³/mol. The topological polar surface area (TPSA) is 39.2 Å². The minimum Gasteiger partial charge on any atom is -0.469 e. The van der Waals surface area contributed by atoms with E-state index in [1.54, 1.807) is 17.6 Å². The van der Waals surface area contributed by atoms with Gasteiger partial charge in [0.15, 0.2) is 0 Å². The summed E-state index contributed by atoms with van der Waals surface area (Å²) in [5.74, 6) is 0.910. The SMILES string of the molecule is Cc1cc(C(N)Cc2cc(Br)cs2)co1. The number of rotatable bonds is 3. The summed E-state index contributed by atoms with van der Waals surface area (Å²) in [7, 11) is 0. The van der Waals surface area contributed by atoms with Crippen molar-refractivity contribution in [2.75, 3.05) is 0 Å². The van der Waals surface area contributed by atoms with Crippen LogP contribution in [0.5, 0.6) is 0 Å². The fourth-order valence-electron chi connectivity index (χ4n) is 1.45. The summed E-state index contributed by atoms with van der Waals surface area (Å²) in [5, 5.41) is 2.07. The average Bonchev–Trinajstić information content (AvgIpc) is 2.75. The highest BCUT2D eigenvalue weighted by molar-refractivity contribution is 9.10. The van der Waals surface area contributed by atoms with Crippen LogP contribution in [-0.2, 0) is 6.42 Å². The molecule has 0 saturated carbocycles. The molecular formula is C11H12BrNOS. The Morgan fingerprint density at radius 2 is 2.33 bits per heavy atom. The van der Waals surface area contributed by atoms with Crippen LogP contribution in [0.4, 0.5) is 0 Å². The molecule has 1 unspecified atom stereocenters. The summed E-state index contributed by atoms with van der Waals surface area (Å²) < 4.78 is 6.37. The van der Waals surface area contributed by atoms with Gasteiger partial charge in [-0.15, -0.1) is 11.3 Å². The number of furan rings is 1. The lowest BCUT2D eigenvalue weighted by Crippen LogP contribution is -2.11. The van der Waals surface area contributed by atoms with Crippen molar-refractivity contribution in [1.29, 1.82) is 0 Å². The molecule has 2 heterocycles. The first-order chi connectivity index (χ1) is 7.15. The van der Waals surface area contributed by atoms with Crippen LogP contribution in [-0.4, -0.2) is 0 Å². The Balaban J connectivity index is 2.06. The third kappa shape index (κ3) is 2.71. The van der Waals surface area contributed by atoms with E-state index in [1.807, 2.05) is 13.0 Å². The molecular weight excluding hydrogens is 274 g/mol. The Labute approximate surface area is 101 Å². The molecule has 2 aromatic rings. The van der Waals surface area contributed by atoms with Gasteiger partial charge < -0.3 is 10.2 Å². The number of hydrogen-bond acceptors (Lipinski definition) is 3. The van der Waals surface area contributed by atoms with Crippen LogP contribution < -0.4 is 5.73 Å². The molecule has 0 spiro atoms. The second-order valence-corrected chi connectivity index (χ2v) is 5.44. The van der Waals surface area contributed by atoms with Crippen molar-refractivity contribution in [1.82, 2.24) is 0 Å². The standard InChI is InChI=1S/C11H12BrNOS/c1-7-2-8(5-14-7)11(13)4-10-3-9(12)6-15-10/h2-3,5-6,11H,4,13H2,1H3. The first kappa shape index (κ1) is 10.9. The van der Waals surface area contributed by atoms with Gasteiger partial charge in [0.25, 0.3) is 0 Å². The van der Waals surface area contributed by atoms with Crippen LogP contribution in [0.15, 0.2) is 32.7 Å². The maximum atomic E-state index is 6.08. The van der Waals surface area contributed by atoms with E-state index in [-0.39, 0.29) is 6.04 Å². The minimum atomic E-state index is 0.0213. The summed E-state index contributed by atoms with van der Waals surface area (Å²) in [6, 6.07) is 4.12. The van der Waals surface area contributed by atoms with Crippen molar-refractivity contribution >= 4 is 27.3 Å². The highest BCUT2D eigenvalue weighted by Gasteiger charge is 2.10. The maximum Gasteiger partial charge on any atom is 0.101 e. The van der Waals surface area contributed by atoms with E-state index in [1.165, 1.54) is 4.88 Å². The molecule has 80 valence electrons. The van der Waals surface area contributed by atoms with Crippen LogP contribution >= 0.6 is 27.3 Å². The summed E-state index contributed by atoms with van der Waals surface area (Å²) >= 11 is 5.16. The van der Waals surface area contributed by atoms with Crippen LogP contribution in [0, 0.1) is 6.92 Å². The van der Waals surface area contributed by atoms with Crippen LogP contribution in [0.2, 0.25) is 0 Å². The number of aryl methyl sites for hydroxylation is 1. The lowest BCUT2D eigenvalue weighted by atomic mass is 10.1. The van der Waals surface area contributed by atoms with E-state index in [9.17, 15) is 0 Å². The number of hydrogen-bond donors (Lipinski definition) is 1. The van der Waals surface area contributed by atoms with Gasteiger partial charge >= 0.3 is 0 Å². The molecule has 0 aromatic carbocycles. The molecule has 0 saturated heterocycles. The first-order valence-corrected chi connectivity index (χ1v) is 6.36. The fraction of sp³-hybridized carbons (Fsp3) is 0.273. The molecule has 0 aliphatic heterocycles. The lowest BCUT2D eigenvalue weighted by Gasteiger charge is -2.06. The number of thiophene rings is 1. The summed E-state index contributed by atoms with van der Waals surface area (Å²) in [6.45, 7) is 1.93. The van der Waals surface area contributed by atoms with Crippen molar-refractivity contribution in [3.63, 3.8) is 0 Å². The Kier molecular flexibility index (Phi) is 3.29.